The number of hydrogen-bond acceptors (Lipinski definition) is 8. The van der Waals surface area contributed by atoms with Gasteiger partial charge >= 0.3 is 17.6 Å². The number of fused-ring (bicyclic) bond motifs is 13. The van der Waals surface area contributed by atoms with Crippen molar-refractivity contribution in [3.05, 3.63) is 158 Å². The Labute approximate surface area is 359 Å². The molecule has 0 amide bonds. The second-order valence-corrected chi connectivity index (χ2v) is 17.8. The zero-order chi connectivity index (χ0) is 42.5. The average Bonchev–Trinajstić information content (AvgIpc) is 3.80. The molecule has 2 bridgehead atoms. The molecule has 1 aliphatic carbocycles. The van der Waals surface area contributed by atoms with Crippen molar-refractivity contribution in [2.45, 2.75) is 116 Å². The average molecular weight is 823 g/mol. The van der Waals surface area contributed by atoms with Crippen LogP contribution in [0.25, 0.3) is 11.0 Å². The molecule has 0 spiro atoms. The molecule has 4 heterocycles. The molecule has 1 fully saturated rings. The number of carbonyl (C=O) groups excluding carboxylic acids is 2. The van der Waals surface area contributed by atoms with Gasteiger partial charge < -0.3 is 23.4 Å². The number of rotatable bonds is 9. The van der Waals surface area contributed by atoms with Crippen LogP contribution in [0.5, 0.6) is 5.75 Å². The fraction of sp³-hybridized carbons (Fsp3) is 0.415. The van der Waals surface area contributed by atoms with Crippen LogP contribution in [0.2, 0.25) is 0 Å². The Morgan fingerprint density at radius 2 is 1.51 bits per heavy atom. The van der Waals surface area contributed by atoms with Crippen molar-refractivity contribution < 1.29 is 33.0 Å². The van der Waals surface area contributed by atoms with E-state index in [4.69, 9.17) is 23.4 Å². The maximum atomic E-state index is 14.7. The molecule has 4 aliphatic rings. The van der Waals surface area contributed by atoms with Gasteiger partial charge in [0.1, 0.15) is 16.9 Å². The fourth-order valence-electron chi connectivity index (χ4n) is 9.82. The smallest absolute Gasteiger partial charge is 0.339 e. The summed E-state index contributed by atoms with van der Waals surface area (Å²) in [6.45, 7) is 6.22. The SMILES string of the molecule is COCCc1cc2ccc3c(c2oc1=O)C1OC(=O)CC(CCc2cccc(Cc4ccccc4)c2)Cc2ccc(cc2)CCC(=C(C)C)C(=O)OC1C(C)(C1CCCC1)O3. The summed E-state index contributed by atoms with van der Waals surface area (Å²) in [5.41, 5.74) is 7.09. The zero-order valence-electron chi connectivity index (χ0n) is 36.0. The molecule has 4 aromatic carbocycles. The van der Waals surface area contributed by atoms with Gasteiger partial charge in [-0.15, -0.1) is 0 Å². The minimum absolute atomic E-state index is 0.0305. The fourth-order valence-corrected chi connectivity index (χ4v) is 9.82. The van der Waals surface area contributed by atoms with E-state index in [9.17, 15) is 14.4 Å². The Morgan fingerprint density at radius 1 is 0.770 bits per heavy atom. The van der Waals surface area contributed by atoms with Gasteiger partial charge in [-0.25, -0.2) is 9.59 Å². The number of benzene rings is 4. The third-order valence-electron chi connectivity index (χ3n) is 13.3. The van der Waals surface area contributed by atoms with E-state index in [0.29, 0.717) is 60.1 Å². The van der Waals surface area contributed by atoms with Crippen molar-refractivity contribution in [1.29, 1.82) is 0 Å². The van der Waals surface area contributed by atoms with Gasteiger partial charge in [0.05, 0.1) is 12.2 Å². The van der Waals surface area contributed by atoms with E-state index in [1.807, 2.05) is 39.0 Å². The van der Waals surface area contributed by atoms with Crippen LogP contribution in [0.15, 0.2) is 117 Å². The van der Waals surface area contributed by atoms with E-state index in [-0.39, 0.29) is 23.8 Å². The lowest BCUT2D eigenvalue weighted by atomic mass is 9.76. The maximum Gasteiger partial charge on any atom is 0.339 e. The third kappa shape index (κ3) is 9.55. The topological polar surface area (TPSA) is 101 Å². The van der Waals surface area contributed by atoms with Gasteiger partial charge in [0, 0.05) is 42.4 Å². The molecule has 0 saturated heterocycles. The number of ether oxygens (including phenoxy) is 4. The highest BCUT2D eigenvalue weighted by Gasteiger charge is 2.57. The van der Waals surface area contributed by atoms with Crippen molar-refractivity contribution in [3.8, 4) is 5.75 Å². The van der Waals surface area contributed by atoms with E-state index >= 15 is 0 Å². The van der Waals surface area contributed by atoms with Crippen LogP contribution in [0.3, 0.4) is 0 Å². The number of carbonyl (C=O) groups is 2. The van der Waals surface area contributed by atoms with Crippen LogP contribution in [-0.4, -0.2) is 37.4 Å². The van der Waals surface area contributed by atoms with Gasteiger partial charge in [0.15, 0.2) is 12.2 Å². The molecule has 9 rings (SSSR count). The van der Waals surface area contributed by atoms with E-state index < -0.39 is 35.4 Å². The van der Waals surface area contributed by atoms with Gasteiger partial charge in [-0.05, 0) is 124 Å². The summed E-state index contributed by atoms with van der Waals surface area (Å²) in [5, 5.41) is 0.658. The van der Waals surface area contributed by atoms with Gasteiger partial charge in [-0.3, -0.25) is 4.79 Å². The highest BCUT2D eigenvalue weighted by Crippen LogP contribution is 2.52. The van der Waals surface area contributed by atoms with Crippen LogP contribution in [-0.2, 0) is 55.9 Å². The van der Waals surface area contributed by atoms with E-state index in [1.54, 1.807) is 13.2 Å². The molecule has 61 heavy (non-hydrogen) atoms. The molecule has 5 aromatic rings. The Hall–Kier alpha value is -5.47. The molecule has 4 atom stereocenters. The van der Waals surface area contributed by atoms with Gasteiger partial charge in [0.2, 0.25) is 0 Å². The number of allylic oxidation sites excluding steroid dienone is 1. The molecule has 8 nitrogen and oxygen atoms in total. The quantitative estimate of drug-likeness (QED) is 0.0823. The largest absolute Gasteiger partial charge is 0.483 e. The summed E-state index contributed by atoms with van der Waals surface area (Å²) in [6, 6.07) is 33.3. The number of methoxy groups -OCH3 is 1. The third-order valence-corrected chi connectivity index (χ3v) is 13.3. The van der Waals surface area contributed by atoms with Crippen LogP contribution in [0.1, 0.15) is 111 Å². The zero-order valence-corrected chi connectivity index (χ0v) is 36.0. The molecular weight excluding hydrogens is 765 g/mol. The first-order valence-electron chi connectivity index (χ1n) is 22.1. The van der Waals surface area contributed by atoms with Crippen LogP contribution >= 0.6 is 0 Å². The van der Waals surface area contributed by atoms with E-state index in [0.717, 1.165) is 61.6 Å². The second kappa shape index (κ2) is 18.7. The Kier molecular flexibility index (Phi) is 12.9. The summed E-state index contributed by atoms with van der Waals surface area (Å²) in [7, 11) is 1.59. The summed E-state index contributed by atoms with van der Waals surface area (Å²) >= 11 is 0. The standard InChI is InChI=1S/C53H58O8/c1-34(2)44-25-23-35-17-19-38(20-18-35)31-40(22-21-37-13-10-14-39(30-37)29-36-11-6-5-7-12-36)32-46(54)58-49-47-45(26-24-41-33-42(27-28-57-4)51(55)59-48(41)47)61-53(3,43-15-8-9-16-43)50(49)60-52(44)56/h5-7,10-14,17-20,24,26,30,33,40,43,49-50H,8-9,15-16,21-23,25,27-29,31-32H2,1-4H3. The first-order chi connectivity index (χ1) is 29.6. The van der Waals surface area contributed by atoms with Crippen molar-refractivity contribution in [3.63, 3.8) is 0 Å². The van der Waals surface area contributed by atoms with Gasteiger partial charge in [-0.1, -0.05) is 97.3 Å². The Balaban J connectivity index is 1.19. The first-order valence-corrected chi connectivity index (χ1v) is 22.1. The summed E-state index contributed by atoms with van der Waals surface area (Å²) in [5.74, 6) is -0.415. The molecule has 0 N–H and O–H groups in total. The van der Waals surface area contributed by atoms with Crippen LogP contribution < -0.4 is 10.4 Å². The second-order valence-electron chi connectivity index (χ2n) is 17.8. The van der Waals surface area contributed by atoms with Crippen molar-refractivity contribution in [2.24, 2.45) is 11.8 Å². The molecule has 8 heteroatoms. The summed E-state index contributed by atoms with van der Waals surface area (Å²) in [6.07, 6.45) is 6.49. The number of esters is 2. The van der Waals surface area contributed by atoms with Crippen LogP contribution in [0, 0.1) is 11.8 Å². The predicted molar refractivity (Wildman–Crippen MR) is 237 cm³/mol. The monoisotopic (exact) mass is 822 g/mol. The molecule has 3 aliphatic heterocycles. The number of hydrogen-bond donors (Lipinski definition) is 0. The lowest BCUT2D eigenvalue weighted by Gasteiger charge is -2.48. The molecule has 0 radical (unpaired) electrons. The summed E-state index contributed by atoms with van der Waals surface area (Å²) < 4.78 is 31.8. The normalized spacial score (nSPS) is 22.3. The Bertz CT molecular complexity index is 2440. The van der Waals surface area contributed by atoms with Crippen molar-refractivity contribution in [2.75, 3.05) is 13.7 Å². The first kappa shape index (κ1) is 42.2. The summed E-state index contributed by atoms with van der Waals surface area (Å²) in [4.78, 5) is 42.8. The van der Waals surface area contributed by atoms with E-state index in [2.05, 4.69) is 72.8 Å². The Morgan fingerprint density at radius 3 is 2.26 bits per heavy atom. The van der Waals surface area contributed by atoms with Crippen molar-refractivity contribution >= 4 is 22.9 Å². The van der Waals surface area contributed by atoms with E-state index in [1.165, 1.54) is 16.7 Å². The minimum atomic E-state index is -1.10. The number of aryl methyl sites for hydroxylation is 2. The lowest BCUT2D eigenvalue weighted by Crippen LogP contribution is -2.58. The predicted octanol–water partition coefficient (Wildman–Crippen LogP) is 10.6. The highest BCUT2D eigenvalue weighted by atomic mass is 16.6. The van der Waals surface area contributed by atoms with Gasteiger partial charge in [-0.2, -0.15) is 0 Å². The molecule has 1 aromatic heterocycles. The molecular formula is C53H58O8. The minimum Gasteiger partial charge on any atom is -0.483 e. The van der Waals surface area contributed by atoms with Crippen LogP contribution in [0.4, 0.5) is 0 Å². The molecule has 4 unspecified atom stereocenters. The molecule has 1 saturated carbocycles. The molecule has 318 valence electrons. The van der Waals surface area contributed by atoms with Crippen molar-refractivity contribution in [1.82, 2.24) is 0 Å². The highest BCUT2D eigenvalue weighted by molar-refractivity contribution is 5.90. The maximum absolute atomic E-state index is 14.7. The van der Waals surface area contributed by atoms with Gasteiger partial charge in [0.25, 0.3) is 0 Å². The lowest BCUT2D eigenvalue weighted by molar-refractivity contribution is -0.199.